The Morgan fingerprint density at radius 2 is 2.26 bits per heavy atom. The van der Waals surface area contributed by atoms with E-state index in [9.17, 15) is 4.79 Å². The zero-order valence-corrected chi connectivity index (χ0v) is 13.2. The summed E-state index contributed by atoms with van der Waals surface area (Å²) in [4.78, 5) is 12.5. The van der Waals surface area contributed by atoms with E-state index in [1.807, 2.05) is 19.9 Å². The summed E-state index contributed by atoms with van der Waals surface area (Å²) in [5, 5.41) is 0. The molecule has 3 nitrogen and oxygen atoms in total. The average Bonchev–Trinajstić information content (AvgIpc) is 2.85. The largest absolute Gasteiger partial charge is 0.496 e. The number of carbonyl (C=O) groups excluding carboxylic acids is 1. The van der Waals surface area contributed by atoms with Gasteiger partial charge in [0.2, 0.25) is 0 Å². The zero-order valence-electron chi connectivity index (χ0n) is 11.6. The van der Waals surface area contributed by atoms with Gasteiger partial charge in [-0.15, -0.1) is 0 Å². The minimum Gasteiger partial charge on any atom is -0.496 e. The van der Waals surface area contributed by atoms with E-state index in [4.69, 9.17) is 9.47 Å². The van der Waals surface area contributed by atoms with Gasteiger partial charge in [0.15, 0.2) is 5.78 Å². The van der Waals surface area contributed by atoms with Gasteiger partial charge in [-0.1, -0.05) is 15.9 Å². The van der Waals surface area contributed by atoms with Gasteiger partial charge in [-0.2, -0.15) is 0 Å². The lowest BCUT2D eigenvalue weighted by Crippen LogP contribution is -2.15. The van der Waals surface area contributed by atoms with Crippen molar-refractivity contribution >= 4 is 21.7 Å². The van der Waals surface area contributed by atoms with E-state index in [0.717, 1.165) is 35.0 Å². The molecule has 0 amide bonds. The average molecular weight is 327 g/mol. The van der Waals surface area contributed by atoms with Crippen LogP contribution in [0.4, 0.5) is 0 Å². The third-order valence-corrected chi connectivity index (χ3v) is 4.41. The first-order chi connectivity index (χ1) is 9.04. The summed E-state index contributed by atoms with van der Waals surface area (Å²) in [5.41, 5.74) is 2.59. The molecule has 0 radical (unpaired) electrons. The summed E-state index contributed by atoms with van der Waals surface area (Å²) in [7, 11) is 1.61. The number of hydrogen-bond acceptors (Lipinski definition) is 3. The molecule has 0 bridgehead atoms. The molecule has 1 heterocycles. The lowest BCUT2D eigenvalue weighted by Gasteiger charge is -2.16. The number of rotatable bonds is 4. The van der Waals surface area contributed by atoms with Crippen LogP contribution in [-0.4, -0.2) is 25.6 Å². The van der Waals surface area contributed by atoms with Crippen molar-refractivity contribution in [2.24, 2.45) is 0 Å². The molecule has 2 rings (SSSR count). The molecule has 0 saturated carbocycles. The van der Waals surface area contributed by atoms with Gasteiger partial charge in [0.1, 0.15) is 5.75 Å². The number of Topliss-reactive ketones (excluding diaryl/α,β-unsaturated/α-hetero) is 1. The van der Waals surface area contributed by atoms with Crippen LogP contribution >= 0.6 is 15.9 Å². The number of benzene rings is 1. The van der Waals surface area contributed by atoms with Crippen molar-refractivity contribution in [1.82, 2.24) is 0 Å². The van der Waals surface area contributed by atoms with Crippen LogP contribution < -0.4 is 4.74 Å². The summed E-state index contributed by atoms with van der Waals surface area (Å²) in [6.45, 7) is 4.66. The van der Waals surface area contributed by atoms with E-state index in [0.29, 0.717) is 17.7 Å². The summed E-state index contributed by atoms with van der Waals surface area (Å²) in [6.07, 6.45) is 2.52. The predicted octanol–water partition coefficient (Wildman–Crippen LogP) is 3.83. The molecule has 104 valence electrons. The maximum atomic E-state index is 12.5. The molecule has 1 aliphatic heterocycles. The number of ketones is 1. The number of aryl methyl sites for hydroxylation is 1. The van der Waals surface area contributed by atoms with E-state index < -0.39 is 0 Å². The number of methoxy groups -OCH3 is 1. The Balaban J connectivity index is 2.33. The molecule has 0 aromatic heterocycles. The van der Waals surface area contributed by atoms with E-state index in [1.165, 1.54) is 0 Å². The van der Waals surface area contributed by atoms with Crippen LogP contribution in [0.5, 0.6) is 5.75 Å². The molecule has 1 fully saturated rings. The molecular weight excluding hydrogens is 308 g/mol. The number of halogens is 1. The van der Waals surface area contributed by atoms with Crippen LogP contribution in [0.25, 0.3) is 0 Å². The minimum atomic E-state index is 0.0656. The van der Waals surface area contributed by atoms with Gasteiger partial charge in [-0.05, 0) is 43.9 Å². The van der Waals surface area contributed by atoms with Crippen molar-refractivity contribution in [2.75, 3.05) is 13.7 Å². The lowest BCUT2D eigenvalue weighted by molar-refractivity contribution is 0.0772. The van der Waals surface area contributed by atoms with Crippen LogP contribution in [0.15, 0.2) is 10.5 Å². The fraction of sp³-hybridized carbons (Fsp3) is 0.533. The molecule has 0 spiro atoms. The van der Waals surface area contributed by atoms with Crippen LogP contribution in [0, 0.1) is 13.8 Å². The highest BCUT2D eigenvalue weighted by molar-refractivity contribution is 9.10. The number of carbonyl (C=O) groups is 1. The topological polar surface area (TPSA) is 35.5 Å². The van der Waals surface area contributed by atoms with E-state index in [-0.39, 0.29) is 11.9 Å². The zero-order chi connectivity index (χ0) is 14.0. The van der Waals surface area contributed by atoms with E-state index >= 15 is 0 Å². The fourth-order valence-electron chi connectivity index (χ4n) is 2.56. The van der Waals surface area contributed by atoms with Crippen LogP contribution in [0.1, 0.15) is 40.7 Å². The summed E-state index contributed by atoms with van der Waals surface area (Å²) in [6, 6.07) is 1.98. The highest BCUT2D eigenvalue weighted by Crippen LogP contribution is 2.34. The van der Waals surface area contributed by atoms with Gasteiger partial charge in [0, 0.05) is 17.5 Å². The molecule has 1 atom stereocenters. The first-order valence-corrected chi connectivity index (χ1v) is 7.32. The summed E-state index contributed by atoms with van der Waals surface area (Å²) in [5.74, 6) is 0.786. The van der Waals surface area contributed by atoms with Crippen molar-refractivity contribution in [3.63, 3.8) is 0 Å². The Morgan fingerprint density at radius 1 is 1.53 bits per heavy atom. The second-order valence-corrected chi connectivity index (χ2v) is 5.83. The van der Waals surface area contributed by atoms with Crippen LogP contribution in [0.3, 0.4) is 0 Å². The molecule has 1 aromatic carbocycles. The standard InChI is InChI=1S/C15H19BrO3/c1-9-7-12(16)10(2)14(15(9)18-3)13(17)8-11-5-4-6-19-11/h7,11H,4-6,8H2,1-3H3. The highest BCUT2D eigenvalue weighted by atomic mass is 79.9. The van der Waals surface area contributed by atoms with Crippen molar-refractivity contribution < 1.29 is 14.3 Å². The van der Waals surface area contributed by atoms with Gasteiger partial charge in [-0.3, -0.25) is 4.79 Å². The Hall–Kier alpha value is -0.870. The quantitative estimate of drug-likeness (QED) is 0.789. The second kappa shape index (κ2) is 6.06. The molecule has 0 N–H and O–H groups in total. The molecule has 19 heavy (non-hydrogen) atoms. The third-order valence-electron chi connectivity index (χ3n) is 3.58. The lowest BCUT2D eigenvalue weighted by atomic mass is 9.96. The van der Waals surface area contributed by atoms with E-state index in [1.54, 1.807) is 7.11 Å². The monoisotopic (exact) mass is 326 g/mol. The van der Waals surface area contributed by atoms with Crippen molar-refractivity contribution in [3.8, 4) is 5.75 Å². The molecule has 1 aromatic rings. The van der Waals surface area contributed by atoms with Gasteiger partial charge in [-0.25, -0.2) is 0 Å². The Morgan fingerprint density at radius 3 is 2.84 bits per heavy atom. The van der Waals surface area contributed by atoms with Gasteiger partial charge in [0.25, 0.3) is 0 Å². The van der Waals surface area contributed by atoms with Crippen molar-refractivity contribution in [3.05, 3.63) is 27.2 Å². The SMILES string of the molecule is COc1c(C)cc(Br)c(C)c1C(=O)CC1CCCO1. The maximum absolute atomic E-state index is 12.5. The molecule has 1 aliphatic rings. The first kappa shape index (κ1) is 14.5. The molecule has 1 unspecified atom stereocenters. The smallest absolute Gasteiger partial charge is 0.169 e. The van der Waals surface area contributed by atoms with Crippen molar-refractivity contribution in [1.29, 1.82) is 0 Å². The molecular formula is C15H19BrO3. The highest BCUT2D eigenvalue weighted by Gasteiger charge is 2.24. The Bertz CT molecular complexity index is 491. The summed E-state index contributed by atoms with van der Waals surface area (Å²) < 4.78 is 11.9. The molecule has 4 heteroatoms. The van der Waals surface area contributed by atoms with Crippen LogP contribution in [-0.2, 0) is 4.74 Å². The minimum absolute atomic E-state index is 0.0656. The van der Waals surface area contributed by atoms with Gasteiger partial charge < -0.3 is 9.47 Å². The van der Waals surface area contributed by atoms with Gasteiger partial charge in [0.05, 0.1) is 18.8 Å². The second-order valence-electron chi connectivity index (χ2n) is 4.97. The van der Waals surface area contributed by atoms with Crippen molar-refractivity contribution in [2.45, 2.75) is 39.2 Å². The Labute approximate surface area is 122 Å². The molecule has 1 saturated heterocycles. The Kier molecular flexibility index (Phi) is 4.63. The van der Waals surface area contributed by atoms with E-state index in [2.05, 4.69) is 15.9 Å². The van der Waals surface area contributed by atoms with Crippen LogP contribution in [0.2, 0.25) is 0 Å². The maximum Gasteiger partial charge on any atom is 0.169 e. The van der Waals surface area contributed by atoms with Gasteiger partial charge >= 0.3 is 0 Å². The summed E-state index contributed by atoms with van der Waals surface area (Å²) >= 11 is 3.50. The fourth-order valence-corrected chi connectivity index (χ4v) is 3.11. The normalized spacial score (nSPS) is 18.6. The first-order valence-electron chi connectivity index (χ1n) is 6.53. The number of hydrogen-bond donors (Lipinski definition) is 0. The number of ether oxygens (including phenoxy) is 2. The molecule has 0 aliphatic carbocycles. The predicted molar refractivity (Wildman–Crippen MR) is 78.1 cm³/mol. The third kappa shape index (κ3) is 3.00.